The SMILES string of the molecule is CNc1cc(O)cc(C=O)c1. The highest BCUT2D eigenvalue weighted by atomic mass is 16.3. The van der Waals surface area contributed by atoms with Gasteiger partial charge in [-0.25, -0.2) is 0 Å². The average Bonchev–Trinajstić information content (AvgIpc) is 2.03. The average molecular weight is 151 g/mol. The van der Waals surface area contributed by atoms with Crippen LogP contribution in [0.2, 0.25) is 0 Å². The first-order chi connectivity index (χ1) is 5.26. The highest BCUT2D eigenvalue weighted by Crippen LogP contribution is 2.17. The molecule has 0 heterocycles. The van der Waals surface area contributed by atoms with Crippen molar-refractivity contribution in [2.45, 2.75) is 0 Å². The molecule has 0 unspecified atom stereocenters. The third-order valence-electron chi connectivity index (χ3n) is 1.36. The molecule has 0 atom stereocenters. The number of benzene rings is 1. The Kier molecular flexibility index (Phi) is 2.11. The van der Waals surface area contributed by atoms with Gasteiger partial charge in [0.1, 0.15) is 12.0 Å². The van der Waals surface area contributed by atoms with Crippen molar-refractivity contribution in [2.75, 3.05) is 12.4 Å². The zero-order chi connectivity index (χ0) is 8.27. The lowest BCUT2D eigenvalue weighted by atomic mass is 10.2. The van der Waals surface area contributed by atoms with E-state index in [0.717, 1.165) is 5.69 Å². The number of anilines is 1. The normalized spacial score (nSPS) is 9.18. The van der Waals surface area contributed by atoms with E-state index in [2.05, 4.69) is 5.32 Å². The fourth-order valence-electron chi connectivity index (χ4n) is 0.847. The molecule has 0 saturated heterocycles. The minimum atomic E-state index is 0.0963. The third-order valence-corrected chi connectivity index (χ3v) is 1.36. The Bertz CT molecular complexity index is 271. The molecule has 0 saturated carbocycles. The van der Waals surface area contributed by atoms with E-state index in [4.69, 9.17) is 5.11 Å². The molecule has 0 fully saturated rings. The van der Waals surface area contributed by atoms with Gasteiger partial charge in [-0.05, 0) is 12.1 Å². The number of carbonyl (C=O) groups excluding carboxylic acids is 1. The van der Waals surface area contributed by atoms with Crippen molar-refractivity contribution in [2.24, 2.45) is 0 Å². The Morgan fingerprint density at radius 3 is 2.73 bits per heavy atom. The summed E-state index contributed by atoms with van der Waals surface area (Å²) in [6, 6.07) is 4.62. The standard InChI is InChI=1S/C8H9NO2/c1-9-7-2-6(5-10)3-8(11)4-7/h2-5,9,11H,1H3. The summed E-state index contributed by atoms with van der Waals surface area (Å²) in [6.45, 7) is 0. The van der Waals surface area contributed by atoms with E-state index in [9.17, 15) is 4.79 Å². The highest BCUT2D eigenvalue weighted by Gasteiger charge is 1.96. The molecular weight excluding hydrogens is 142 g/mol. The molecule has 1 rings (SSSR count). The van der Waals surface area contributed by atoms with Crippen LogP contribution >= 0.6 is 0 Å². The van der Waals surface area contributed by atoms with Crippen molar-refractivity contribution < 1.29 is 9.90 Å². The lowest BCUT2D eigenvalue weighted by Gasteiger charge is -2.00. The van der Waals surface area contributed by atoms with Gasteiger partial charge < -0.3 is 10.4 Å². The van der Waals surface area contributed by atoms with Crippen LogP contribution < -0.4 is 5.32 Å². The van der Waals surface area contributed by atoms with Crippen LogP contribution in [0, 0.1) is 0 Å². The van der Waals surface area contributed by atoms with Gasteiger partial charge in [0, 0.05) is 24.4 Å². The minimum absolute atomic E-state index is 0.0963. The maximum atomic E-state index is 10.3. The number of hydrogen-bond donors (Lipinski definition) is 2. The Labute approximate surface area is 64.7 Å². The highest BCUT2D eigenvalue weighted by molar-refractivity contribution is 5.78. The topological polar surface area (TPSA) is 49.3 Å². The molecule has 1 aromatic carbocycles. The lowest BCUT2D eigenvalue weighted by molar-refractivity contribution is 0.112. The van der Waals surface area contributed by atoms with Crippen LogP contribution in [0.3, 0.4) is 0 Å². The van der Waals surface area contributed by atoms with Gasteiger partial charge in [0.25, 0.3) is 0 Å². The Morgan fingerprint density at radius 2 is 2.18 bits per heavy atom. The van der Waals surface area contributed by atoms with Crippen molar-refractivity contribution in [1.82, 2.24) is 0 Å². The summed E-state index contributed by atoms with van der Waals surface area (Å²) in [5.41, 5.74) is 1.20. The molecule has 0 aromatic heterocycles. The maximum absolute atomic E-state index is 10.3. The van der Waals surface area contributed by atoms with Gasteiger partial charge in [-0.3, -0.25) is 4.79 Å². The second kappa shape index (κ2) is 3.05. The summed E-state index contributed by atoms with van der Waals surface area (Å²) in [5.74, 6) is 0.0963. The van der Waals surface area contributed by atoms with E-state index in [-0.39, 0.29) is 5.75 Å². The summed E-state index contributed by atoms with van der Waals surface area (Å²) in [7, 11) is 1.73. The molecular formula is C8H9NO2. The van der Waals surface area contributed by atoms with Crippen molar-refractivity contribution in [3.8, 4) is 5.75 Å². The number of phenolic OH excluding ortho intramolecular Hbond substituents is 1. The van der Waals surface area contributed by atoms with Crippen molar-refractivity contribution >= 4 is 12.0 Å². The molecule has 0 aliphatic heterocycles. The molecule has 0 bridgehead atoms. The van der Waals surface area contributed by atoms with Gasteiger partial charge in [0.05, 0.1) is 0 Å². The fourth-order valence-corrected chi connectivity index (χ4v) is 0.847. The molecule has 3 heteroatoms. The van der Waals surface area contributed by atoms with Gasteiger partial charge in [-0.2, -0.15) is 0 Å². The Hall–Kier alpha value is -1.51. The molecule has 0 spiro atoms. The van der Waals surface area contributed by atoms with Crippen LogP contribution in [0.25, 0.3) is 0 Å². The monoisotopic (exact) mass is 151 g/mol. The first kappa shape index (κ1) is 7.60. The zero-order valence-corrected chi connectivity index (χ0v) is 6.16. The van der Waals surface area contributed by atoms with Gasteiger partial charge >= 0.3 is 0 Å². The van der Waals surface area contributed by atoms with E-state index in [1.807, 2.05) is 0 Å². The van der Waals surface area contributed by atoms with Gasteiger partial charge in [0.2, 0.25) is 0 Å². The molecule has 0 amide bonds. The van der Waals surface area contributed by atoms with E-state index >= 15 is 0 Å². The van der Waals surface area contributed by atoms with Crippen LogP contribution in [0.15, 0.2) is 18.2 Å². The maximum Gasteiger partial charge on any atom is 0.150 e. The van der Waals surface area contributed by atoms with Crippen molar-refractivity contribution in [3.05, 3.63) is 23.8 Å². The molecule has 0 aliphatic carbocycles. The molecule has 58 valence electrons. The van der Waals surface area contributed by atoms with Crippen LogP contribution in [0.1, 0.15) is 10.4 Å². The quantitative estimate of drug-likeness (QED) is 0.625. The molecule has 0 radical (unpaired) electrons. The summed E-state index contributed by atoms with van der Waals surface area (Å²) >= 11 is 0. The smallest absolute Gasteiger partial charge is 0.150 e. The van der Waals surface area contributed by atoms with E-state index in [1.165, 1.54) is 6.07 Å². The predicted octanol–water partition coefficient (Wildman–Crippen LogP) is 1.25. The van der Waals surface area contributed by atoms with E-state index in [0.29, 0.717) is 11.8 Å². The fraction of sp³-hybridized carbons (Fsp3) is 0.125. The first-order valence-corrected chi connectivity index (χ1v) is 3.23. The largest absolute Gasteiger partial charge is 0.508 e. The second-order valence-electron chi connectivity index (χ2n) is 2.18. The summed E-state index contributed by atoms with van der Waals surface area (Å²) in [5, 5.41) is 11.9. The minimum Gasteiger partial charge on any atom is -0.508 e. The number of phenols is 1. The van der Waals surface area contributed by atoms with Gasteiger partial charge in [-0.15, -0.1) is 0 Å². The van der Waals surface area contributed by atoms with Crippen LogP contribution in [-0.4, -0.2) is 18.4 Å². The second-order valence-corrected chi connectivity index (χ2v) is 2.18. The molecule has 11 heavy (non-hydrogen) atoms. The number of hydrogen-bond acceptors (Lipinski definition) is 3. The number of aldehydes is 1. The number of nitrogens with one attached hydrogen (secondary N) is 1. The van der Waals surface area contributed by atoms with Gasteiger partial charge in [-0.1, -0.05) is 0 Å². The summed E-state index contributed by atoms with van der Waals surface area (Å²) < 4.78 is 0. The zero-order valence-electron chi connectivity index (χ0n) is 6.16. The van der Waals surface area contributed by atoms with Crippen LogP contribution in [-0.2, 0) is 0 Å². The predicted molar refractivity (Wildman–Crippen MR) is 43.0 cm³/mol. The van der Waals surface area contributed by atoms with Crippen LogP contribution in [0.4, 0.5) is 5.69 Å². The summed E-state index contributed by atoms with van der Waals surface area (Å²) in [6.07, 6.45) is 0.695. The number of rotatable bonds is 2. The van der Waals surface area contributed by atoms with Gasteiger partial charge in [0.15, 0.2) is 0 Å². The lowest BCUT2D eigenvalue weighted by Crippen LogP contribution is -1.89. The van der Waals surface area contributed by atoms with Crippen molar-refractivity contribution in [3.63, 3.8) is 0 Å². The van der Waals surface area contributed by atoms with E-state index in [1.54, 1.807) is 19.2 Å². The molecule has 1 aromatic rings. The first-order valence-electron chi connectivity index (χ1n) is 3.23. The molecule has 3 nitrogen and oxygen atoms in total. The van der Waals surface area contributed by atoms with E-state index < -0.39 is 0 Å². The third kappa shape index (κ3) is 1.70. The van der Waals surface area contributed by atoms with Crippen LogP contribution in [0.5, 0.6) is 5.75 Å². The number of aromatic hydroxyl groups is 1. The molecule has 0 aliphatic rings. The van der Waals surface area contributed by atoms with Crippen molar-refractivity contribution in [1.29, 1.82) is 0 Å². The number of carbonyl (C=O) groups is 1. The Morgan fingerprint density at radius 1 is 1.45 bits per heavy atom. The molecule has 2 N–H and O–H groups in total. The Balaban J connectivity index is 3.11. The summed E-state index contributed by atoms with van der Waals surface area (Å²) in [4.78, 5) is 10.3.